The molecule has 2 aromatic rings. The molecule has 0 spiro atoms. The molecule has 25 heavy (non-hydrogen) atoms. The van der Waals surface area contributed by atoms with Crippen molar-refractivity contribution < 1.29 is 9.53 Å². The summed E-state index contributed by atoms with van der Waals surface area (Å²) >= 11 is 0. The lowest BCUT2D eigenvalue weighted by Crippen LogP contribution is -2.38. The second-order valence-corrected chi connectivity index (χ2v) is 6.48. The molecule has 4 nitrogen and oxygen atoms in total. The highest BCUT2D eigenvalue weighted by Crippen LogP contribution is 2.35. The highest BCUT2D eigenvalue weighted by atomic mass is 16.5. The standard InChI is InChI=1S/C21H26N2O2/c22-12-14-23(13-10-17-6-2-1-3-7-17)21(24)16-18-11-15-25-20-9-5-4-8-19(18)20/h1-9,18H,10-16,22H2. The first-order valence-corrected chi connectivity index (χ1v) is 9.01. The summed E-state index contributed by atoms with van der Waals surface area (Å²) in [6.45, 7) is 2.49. The van der Waals surface area contributed by atoms with Crippen molar-refractivity contribution in [2.45, 2.75) is 25.2 Å². The van der Waals surface area contributed by atoms with Gasteiger partial charge in [0.1, 0.15) is 5.75 Å². The minimum atomic E-state index is 0.183. The first-order valence-electron chi connectivity index (χ1n) is 9.01. The largest absolute Gasteiger partial charge is 0.493 e. The van der Waals surface area contributed by atoms with Crippen LogP contribution >= 0.6 is 0 Å². The molecule has 132 valence electrons. The van der Waals surface area contributed by atoms with Gasteiger partial charge in [0.2, 0.25) is 5.91 Å². The number of ether oxygens (including phenoxy) is 1. The van der Waals surface area contributed by atoms with Gasteiger partial charge < -0.3 is 15.4 Å². The Hall–Kier alpha value is -2.33. The third kappa shape index (κ3) is 4.60. The van der Waals surface area contributed by atoms with Crippen molar-refractivity contribution in [3.63, 3.8) is 0 Å². The van der Waals surface area contributed by atoms with Crippen LogP contribution in [0.1, 0.15) is 29.9 Å². The summed E-state index contributed by atoms with van der Waals surface area (Å²) in [5, 5.41) is 0. The molecule has 0 saturated heterocycles. The zero-order valence-electron chi connectivity index (χ0n) is 14.6. The van der Waals surface area contributed by atoms with E-state index in [1.54, 1.807) is 0 Å². The van der Waals surface area contributed by atoms with E-state index >= 15 is 0 Å². The van der Waals surface area contributed by atoms with Crippen LogP contribution in [-0.2, 0) is 11.2 Å². The number of carbonyl (C=O) groups excluding carboxylic acids is 1. The van der Waals surface area contributed by atoms with Gasteiger partial charge in [-0.25, -0.2) is 0 Å². The average molecular weight is 338 g/mol. The topological polar surface area (TPSA) is 55.6 Å². The molecule has 1 aliphatic heterocycles. The number of para-hydroxylation sites is 1. The van der Waals surface area contributed by atoms with Gasteiger partial charge in [-0.15, -0.1) is 0 Å². The Balaban J connectivity index is 1.63. The van der Waals surface area contributed by atoms with E-state index in [0.717, 1.165) is 24.2 Å². The Morgan fingerprint density at radius 1 is 1.08 bits per heavy atom. The van der Waals surface area contributed by atoms with Crippen molar-refractivity contribution in [2.75, 3.05) is 26.2 Å². The lowest BCUT2D eigenvalue weighted by atomic mass is 9.90. The third-order valence-electron chi connectivity index (χ3n) is 4.77. The van der Waals surface area contributed by atoms with Gasteiger partial charge in [-0.05, 0) is 36.0 Å². The van der Waals surface area contributed by atoms with Crippen molar-refractivity contribution in [1.29, 1.82) is 0 Å². The van der Waals surface area contributed by atoms with Gasteiger partial charge in [-0.3, -0.25) is 4.79 Å². The summed E-state index contributed by atoms with van der Waals surface area (Å²) < 4.78 is 5.70. The highest BCUT2D eigenvalue weighted by Gasteiger charge is 2.25. The molecule has 1 heterocycles. The minimum Gasteiger partial charge on any atom is -0.493 e. The smallest absolute Gasteiger partial charge is 0.223 e. The number of hydrogen-bond donors (Lipinski definition) is 1. The molecule has 1 atom stereocenters. The maximum atomic E-state index is 12.9. The number of hydrogen-bond acceptors (Lipinski definition) is 3. The van der Waals surface area contributed by atoms with Crippen LogP contribution in [0.4, 0.5) is 0 Å². The molecule has 1 aliphatic rings. The number of fused-ring (bicyclic) bond motifs is 1. The fourth-order valence-electron chi connectivity index (χ4n) is 3.39. The van der Waals surface area contributed by atoms with Gasteiger partial charge in [-0.1, -0.05) is 48.5 Å². The molecule has 0 fully saturated rings. The van der Waals surface area contributed by atoms with Crippen LogP contribution in [0.25, 0.3) is 0 Å². The molecular weight excluding hydrogens is 312 g/mol. The number of rotatable bonds is 7. The minimum absolute atomic E-state index is 0.183. The van der Waals surface area contributed by atoms with Crippen LogP contribution in [0.15, 0.2) is 54.6 Å². The van der Waals surface area contributed by atoms with Gasteiger partial charge in [0.15, 0.2) is 0 Å². The lowest BCUT2D eigenvalue weighted by Gasteiger charge is -2.28. The Kier molecular flexibility index (Phi) is 6.07. The first kappa shape index (κ1) is 17.5. The Bertz CT molecular complexity index is 687. The summed E-state index contributed by atoms with van der Waals surface area (Å²) in [4.78, 5) is 14.8. The molecule has 0 radical (unpaired) electrons. The molecule has 0 aliphatic carbocycles. The maximum absolute atomic E-state index is 12.9. The second kappa shape index (κ2) is 8.67. The maximum Gasteiger partial charge on any atom is 0.223 e. The fraction of sp³-hybridized carbons (Fsp3) is 0.381. The highest BCUT2D eigenvalue weighted by molar-refractivity contribution is 5.77. The van der Waals surface area contributed by atoms with Crippen LogP contribution < -0.4 is 10.5 Å². The molecule has 1 amide bonds. The molecule has 3 rings (SSSR count). The summed E-state index contributed by atoms with van der Waals surface area (Å²) in [7, 11) is 0. The van der Waals surface area contributed by atoms with E-state index in [-0.39, 0.29) is 11.8 Å². The Morgan fingerprint density at radius 2 is 1.84 bits per heavy atom. The molecule has 2 N–H and O–H groups in total. The third-order valence-corrected chi connectivity index (χ3v) is 4.77. The first-order chi connectivity index (χ1) is 12.3. The summed E-state index contributed by atoms with van der Waals surface area (Å²) in [5.74, 6) is 1.33. The second-order valence-electron chi connectivity index (χ2n) is 6.48. The SMILES string of the molecule is NCCN(CCc1ccccc1)C(=O)CC1CCOc2ccccc21. The van der Waals surface area contributed by atoms with E-state index in [0.29, 0.717) is 32.7 Å². The molecule has 4 heteroatoms. The predicted molar refractivity (Wildman–Crippen MR) is 99.7 cm³/mol. The van der Waals surface area contributed by atoms with Crippen LogP contribution in [0.5, 0.6) is 5.75 Å². The molecule has 0 saturated carbocycles. The molecule has 2 aromatic carbocycles. The zero-order chi connectivity index (χ0) is 17.5. The summed E-state index contributed by atoms with van der Waals surface area (Å²) in [6.07, 6.45) is 2.27. The van der Waals surface area contributed by atoms with Crippen LogP contribution in [-0.4, -0.2) is 37.0 Å². The van der Waals surface area contributed by atoms with Crippen LogP contribution in [0.2, 0.25) is 0 Å². The van der Waals surface area contributed by atoms with Crippen molar-refractivity contribution in [1.82, 2.24) is 4.90 Å². The number of amides is 1. The van der Waals surface area contributed by atoms with Gasteiger partial charge in [0, 0.05) is 26.1 Å². The Morgan fingerprint density at radius 3 is 2.64 bits per heavy atom. The normalized spacial score (nSPS) is 16.0. The van der Waals surface area contributed by atoms with E-state index in [1.165, 1.54) is 5.56 Å². The van der Waals surface area contributed by atoms with Crippen LogP contribution in [0, 0.1) is 0 Å². The molecular formula is C21H26N2O2. The molecule has 1 unspecified atom stereocenters. The quantitative estimate of drug-likeness (QED) is 0.844. The van der Waals surface area contributed by atoms with Crippen molar-refractivity contribution in [2.24, 2.45) is 5.73 Å². The van der Waals surface area contributed by atoms with Gasteiger partial charge in [-0.2, -0.15) is 0 Å². The van der Waals surface area contributed by atoms with Crippen molar-refractivity contribution in [3.8, 4) is 5.75 Å². The number of carbonyl (C=O) groups is 1. The van der Waals surface area contributed by atoms with Crippen LogP contribution in [0.3, 0.4) is 0 Å². The number of nitrogens with zero attached hydrogens (tertiary/aromatic N) is 1. The van der Waals surface area contributed by atoms with E-state index in [1.807, 2.05) is 41.3 Å². The number of nitrogens with two attached hydrogens (primary N) is 1. The average Bonchev–Trinajstić information content (AvgIpc) is 2.66. The van der Waals surface area contributed by atoms with Crippen molar-refractivity contribution >= 4 is 5.91 Å². The monoisotopic (exact) mass is 338 g/mol. The fourth-order valence-corrected chi connectivity index (χ4v) is 3.39. The van der Waals surface area contributed by atoms with Gasteiger partial charge in [0.25, 0.3) is 0 Å². The van der Waals surface area contributed by atoms with Gasteiger partial charge >= 0.3 is 0 Å². The summed E-state index contributed by atoms with van der Waals surface area (Å²) in [6, 6.07) is 18.3. The van der Waals surface area contributed by atoms with E-state index in [2.05, 4.69) is 18.2 Å². The van der Waals surface area contributed by atoms with E-state index < -0.39 is 0 Å². The zero-order valence-corrected chi connectivity index (χ0v) is 14.6. The van der Waals surface area contributed by atoms with Gasteiger partial charge in [0.05, 0.1) is 6.61 Å². The van der Waals surface area contributed by atoms with E-state index in [9.17, 15) is 4.79 Å². The van der Waals surface area contributed by atoms with Crippen molar-refractivity contribution in [3.05, 3.63) is 65.7 Å². The predicted octanol–water partition coefficient (Wildman–Crippen LogP) is 2.97. The Labute approximate surface area is 149 Å². The molecule has 0 aromatic heterocycles. The summed E-state index contributed by atoms with van der Waals surface area (Å²) in [5.41, 5.74) is 8.13. The lowest BCUT2D eigenvalue weighted by molar-refractivity contribution is -0.131. The number of benzene rings is 2. The molecule has 0 bridgehead atoms. The van der Waals surface area contributed by atoms with E-state index in [4.69, 9.17) is 10.5 Å².